The van der Waals surface area contributed by atoms with Gasteiger partial charge in [-0.25, -0.2) is 0 Å². The van der Waals surface area contributed by atoms with E-state index in [-0.39, 0.29) is 35.1 Å². The van der Waals surface area contributed by atoms with Crippen molar-refractivity contribution in [3.8, 4) is 17.2 Å². The first-order valence-corrected chi connectivity index (χ1v) is 6.69. The number of allylic oxidation sites excluding steroid dienone is 1. The molecule has 0 N–H and O–H groups in total. The zero-order valence-corrected chi connectivity index (χ0v) is 11.4. The van der Waals surface area contributed by atoms with Crippen molar-refractivity contribution in [1.29, 1.82) is 0 Å². The summed E-state index contributed by atoms with van der Waals surface area (Å²) in [6.07, 6.45) is 1.59. The average molecular weight is 294 g/mol. The predicted octanol–water partition coefficient (Wildman–Crippen LogP) is 2.39. The van der Waals surface area contributed by atoms with Crippen molar-refractivity contribution in [2.24, 2.45) is 0 Å². The van der Waals surface area contributed by atoms with Crippen LogP contribution in [0.15, 0.2) is 53.0 Å². The molecule has 2 heterocycles. The molecule has 0 aliphatic carbocycles. The third-order valence-electron chi connectivity index (χ3n) is 3.46. The van der Waals surface area contributed by atoms with Gasteiger partial charge in [-0.3, -0.25) is 9.59 Å². The quantitative estimate of drug-likeness (QED) is 0.756. The van der Waals surface area contributed by atoms with Gasteiger partial charge in [0.1, 0.15) is 0 Å². The smallest absolute Gasteiger partial charge is 0.232 e. The Morgan fingerprint density at radius 2 is 1.77 bits per heavy atom. The number of rotatable bonds is 1. The van der Waals surface area contributed by atoms with Crippen LogP contribution in [-0.2, 0) is 0 Å². The molecule has 0 saturated heterocycles. The number of hydrogen-bond acceptors (Lipinski definition) is 5. The Hall–Kier alpha value is -3.08. The Kier molecular flexibility index (Phi) is 2.72. The van der Waals surface area contributed by atoms with Gasteiger partial charge in [-0.2, -0.15) is 0 Å². The molecule has 0 unspecified atom stereocenters. The van der Waals surface area contributed by atoms with Gasteiger partial charge in [-0.15, -0.1) is 0 Å². The molecule has 0 atom stereocenters. The lowest BCUT2D eigenvalue weighted by molar-refractivity contribution is 0.101. The molecule has 0 spiro atoms. The Bertz CT molecular complexity index is 882. The number of Topliss-reactive ketones (excluding diaryl/α,β-unsaturated/α-hetero) is 1. The molecule has 2 aliphatic heterocycles. The maximum Gasteiger partial charge on any atom is 0.232 e. The predicted molar refractivity (Wildman–Crippen MR) is 78.2 cm³/mol. The highest BCUT2D eigenvalue weighted by Crippen LogP contribution is 2.34. The molecular weight excluding hydrogens is 284 g/mol. The minimum absolute atomic E-state index is 0.0713. The monoisotopic (exact) mass is 294 g/mol. The van der Waals surface area contributed by atoms with Gasteiger partial charge in [0.25, 0.3) is 0 Å². The van der Waals surface area contributed by atoms with E-state index in [1.165, 1.54) is 6.07 Å². The number of carbonyl (C=O) groups excluding carboxylic acids is 1. The topological polar surface area (TPSA) is 61.8 Å². The van der Waals surface area contributed by atoms with E-state index in [0.29, 0.717) is 11.5 Å². The van der Waals surface area contributed by atoms with E-state index in [9.17, 15) is 9.59 Å². The van der Waals surface area contributed by atoms with Crippen molar-refractivity contribution in [3.63, 3.8) is 0 Å². The molecule has 0 fully saturated rings. The summed E-state index contributed by atoms with van der Waals surface area (Å²) in [4.78, 5) is 24.2. The molecule has 22 heavy (non-hydrogen) atoms. The lowest BCUT2D eigenvalue weighted by Gasteiger charge is -2.00. The fraction of sp³-hybridized carbons (Fsp3) is 0.0588. The minimum atomic E-state index is -0.317. The molecular formula is C17H10O5. The fourth-order valence-corrected chi connectivity index (χ4v) is 2.40. The SMILES string of the molecule is O=C1/C(=C\c2ccc3c(c2)OCO3)Oc2c1ccccc2=O. The number of benzene rings is 1. The first-order valence-electron chi connectivity index (χ1n) is 6.69. The number of ether oxygens (including phenoxy) is 3. The van der Waals surface area contributed by atoms with E-state index in [4.69, 9.17) is 14.2 Å². The molecule has 0 amide bonds. The molecule has 5 heteroatoms. The van der Waals surface area contributed by atoms with Gasteiger partial charge in [-0.05, 0) is 35.9 Å². The zero-order valence-electron chi connectivity index (χ0n) is 11.4. The van der Waals surface area contributed by atoms with E-state index >= 15 is 0 Å². The van der Waals surface area contributed by atoms with Crippen molar-refractivity contribution in [3.05, 3.63) is 69.6 Å². The van der Waals surface area contributed by atoms with Gasteiger partial charge in [0, 0.05) is 0 Å². The van der Waals surface area contributed by atoms with Crippen molar-refractivity contribution in [2.75, 3.05) is 6.79 Å². The van der Waals surface area contributed by atoms with Crippen LogP contribution in [-0.4, -0.2) is 12.6 Å². The molecule has 4 rings (SSSR count). The van der Waals surface area contributed by atoms with Crippen LogP contribution in [0, 0.1) is 0 Å². The van der Waals surface area contributed by atoms with Crippen LogP contribution in [0.1, 0.15) is 15.9 Å². The molecule has 0 aromatic heterocycles. The van der Waals surface area contributed by atoms with Crippen LogP contribution in [0.3, 0.4) is 0 Å². The lowest BCUT2D eigenvalue weighted by Crippen LogP contribution is -2.00. The number of ketones is 1. The lowest BCUT2D eigenvalue weighted by atomic mass is 10.1. The molecule has 0 saturated carbocycles. The van der Waals surface area contributed by atoms with Crippen LogP contribution in [0.5, 0.6) is 17.2 Å². The van der Waals surface area contributed by atoms with Gasteiger partial charge in [-0.1, -0.05) is 18.2 Å². The number of carbonyl (C=O) groups is 1. The molecule has 2 aliphatic rings. The molecule has 0 radical (unpaired) electrons. The largest absolute Gasteiger partial charge is 0.454 e. The maximum atomic E-state index is 12.3. The molecule has 108 valence electrons. The highest BCUT2D eigenvalue weighted by Gasteiger charge is 2.28. The summed E-state index contributed by atoms with van der Waals surface area (Å²) in [5.74, 6) is 1.17. The van der Waals surface area contributed by atoms with Crippen LogP contribution in [0.2, 0.25) is 0 Å². The second-order valence-electron chi connectivity index (χ2n) is 4.88. The third kappa shape index (κ3) is 1.95. The first kappa shape index (κ1) is 12.6. The standard InChI is InChI=1S/C17H10O5/c18-12-4-2-1-3-11-16(19)15(22-17(11)12)8-10-5-6-13-14(7-10)21-9-20-13/h1-8H,9H2/b15-8+. The van der Waals surface area contributed by atoms with E-state index in [1.54, 1.807) is 42.5 Å². The Balaban J connectivity index is 1.75. The van der Waals surface area contributed by atoms with Gasteiger partial charge < -0.3 is 14.2 Å². The summed E-state index contributed by atoms with van der Waals surface area (Å²) in [7, 11) is 0. The average Bonchev–Trinajstić information content (AvgIpc) is 3.04. The number of hydrogen-bond donors (Lipinski definition) is 0. The molecule has 0 bridgehead atoms. The minimum Gasteiger partial charge on any atom is -0.454 e. The molecule has 2 aromatic rings. The zero-order chi connectivity index (χ0) is 15.1. The van der Waals surface area contributed by atoms with E-state index in [0.717, 1.165) is 5.56 Å². The fourth-order valence-electron chi connectivity index (χ4n) is 2.40. The second-order valence-corrected chi connectivity index (χ2v) is 4.88. The molecule has 5 nitrogen and oxygen atoms in total. The van der Waals surface area contributed by atoms with E-state index in [2.05, 4.69) is 0 Å². The highest BCUT2D eigenvalue weighted by atomic mass is 16.7. The van der Waals surface area contributed by atoms with Crippen LogP contribution >= 0.6 is 0 Å². The molecule has 2 aromatic carbocycles. The summed E-state index contributed by atoms with van der Waals surface area (Å²) in [6, 6.07) is 11.5. The van der Waals surface area contributed by atoms with Gasteiger partial charge in [0.05, 0.1) is 5.56 Å². The first-order chi connectivity index (χ1) is 10.7. The summed E-state index contributed by atoms with van der Waals surface area (Å²) in [6.45, 7) is 0.187. The maximum absolute atomic E-state index is 12.3. The van der Waals surface area contributed by atoms with Gasteiger partial charge in [0.2, 0.25) is 18.0 Å². The van der Waals surface area contributed by atoms with Crippen LogP contribution in [0.4, 0.5) is 0 Å². The van der Waals surface area contributed by atoms with E-state index < -0.39 is 0 Å². The van der Waals surface area contributed by atoms with Crippen LogP contribution < -0.4 is 19.6 Å². The van der Waals surface area contributed by atoms with Crippen molar-refractivity contribution in [1.82, 2.24) is 0 Å². The number of fused-ring (bicyclic) bond motifs is 2. The van der Waals surface area contributed by atoms with Crippen molar-refractivity contribution in [2.45, 2.75) is 0 Å². The summed E-state index contributed by atoms with van der Waals surface area (Å²) < 4.78 is 16.0. The Morgan fingerprint density at radius 1 is 0.955 bits per heavy atom. The Morgan fingerprint density at radius 3 is 2.68 bits per heavy atom. The summed E-state index contributed by atoms with van der Waals surface area (Å²) in [5.41, 5.74) is 0.696. The van der Waals surface area contributed by atoms with E-state index in [1.807, 2.05) is 0 Å². The van der Waals surface area contributed by atoms with Crippen LogP contribution in [0.25, 0.3) is 6.08 Å². The van der Waals surface area contributed by atoms with Gasteiger partial charge in [0.15, 0.2) is 23.0 Å². The second kappa shape index (κ2) is 4.73. The Labute approximate surface area is 125 Å². The normalized spacial score (nSPS) is 16.5. The van der Waals surface area contributed by atoms with Crippen molar-refractivity contribution < 1.29 is 19.0 Å². The van der Waals surface area contributed by atoms with Gasteiger partial charge >= 0.3 is 0 Å². The van der Waals surface area contributed by atoms with Crippen molar-refractivity contribution >= 4 is 11.9 Å². The summed E-state index contributed by atoms with van der Waals surface area (Å²) in [5, 5.41) is 0. The summed E-state index contributed by atoms with van der Waals surface area (Å²) >= 11 is 0. The highest BCUT2D eigenvalue weighted by molar-refractivity contribution is 6.14. The third-order valence-corrected chi connectivity index (χ3v) is 3.46.